The monoisotopic (exact) mass is 195 g/mol. The summed E-state index contributed by atoms with van der Waals surface area (Å²) in [5, 5.41) is 11.0. The second-order valence-corrected chi connectivity index (χ2v) is 3.76. The molecule has 0 aliphatic carbocycles. The first-order valence-electron chi connectivity index (χ1n) is 5.13. The topological polar surface area (TPSA) is 54.8 Å². The number of rotatable bonds is 4. The molecule has 5 heteroatoms. The van der Waals surface area contributed by atoms with E-state index in [2.05, 4.69) is 20.7 Å². The molecule has 14 heavy (non-hydrogen) atoms. The van der Waals surface area contributed by atoms with Crippen LogP contribution in [0, 0.1) is 0 Å². The molecule has 5 nitrogen and oxygen atoms in total. The van der Waals surface area contributed by atoms with Crippen LogP contribution in [0.1, 0.15) is 18.7 Å². The zero-order valence-corrected chi connectivity index (χ0v) is 8.53. The van der Waals surface area contributed by atoms with Gasteiger partial charge in [0, 0.05) is 19.6 Å². The molecule has 0 aromatic carbocycles. The van der Waals surface area contributed by atoms with Gasteiger partial charge in [0.15, 0.2) is 5.82 Å². The average Bonchev–Trinajstić information content (AvgIpc) is 2.77. The summed E-state index contributed by atoms with van der Waals surface area (Å²) in [6, 6.07) is 0.638. The molecule has 0 radical (unpaired) electrons. The summed E-state index contributed by atoms with van der Waals surface area (Å²) in [7, 11) is 1.88. The van der Waals surface area contributed by atoms with E-state index in [1.165, 1.54) is 12.8 Å². The number of hydrogen-bond acceptors (Lipinski definition) is 4. The Balaban J connectivity index is 1.67. The van der Waals surface area contributed by atoms with Crippen LogP contribution in [0.2, 0.25) is 0 Å². The van der Waals surface area contributed by atoms with Crippen LogP contribution in [-0.2, 0) is 13.6 Å². The predicted molar refractivity (Wildman–Crippen MR) is 53.7 cm³/mol. The van der Waals surface area contributed by atoms with Crippen molar-refractivity contribution >= 4 is 0 Å². The smallest absolute Gasteiger partial charge is 0.164 e. The lowest BCUT2D eigenvalue weighted by atomic mass is 10.2. The lowest BCUT2D eigenvalue weighted by Crippen LogP contribution is -2.33. The number of aryl methyl sites for hydroxylation is 1. The van der Waals surface area contributed by atoms with E-state index < -0.39 is 0 Å². The van der Waals surface area contributed by atoms with Crippen LogP contribution >= 0.6 is 0 Å². The van der Waals surface area contributed by atoms with Gasteiger partial charge in [-0.2, -0.15) is 5.10 Å². The van der Waals surface area contributed by atoms with E-state index in [4.69, 9.17) is 0 Å². The molecule has 0 spiro atoms. The first-order chi connectivity index (χ1) is 6.84. The lowest BCUT2D eigenvalue weighted by molar-refractivity contribution is 0.527. The Morgan fingerprint density at radius 3 is 3.29 bits per heavy atom. The summed E-state index contributed by atoms with van der Waals surface area (Å²) in [5.74, 6) is 0.866. The third-order valence-electron chi connectivity index (χ3n) is 2.48. The van der Waals surface area contributed by atoms with Crippen molar-refractivity contribution < 1.29 is 0 Å². The van der Waals surface area contributed by atoms with E-state index in [1.807, 2.05) is 7.05 Å². The van der Waals surface area contributed by atoms with Gasteiger partial charge in [-0.05, 0) is 19.4 Å². The molecule has 1 saturated heterocycles. The predicted octanol–water partition coefficient (Wildman–Crippen LogP) is -0.343. The molecule has 2 rings (SSSR count). The van der Waals surface area contributed by atoms with Gasteiger partial charge in [-0.3, -0.25) is 4.68 Å². The minimum Gasteiger partial charge on any atom is -0.313 e. The van der Waals surface area contributed by atoms with Crippen LogP contribution in [0.25, 0.3) is 0 Å². The SMILES string of the molecule is Cn1cnc(CNCC2CCCN2)n1. The van der Waals surface area contributed by atoms with Crippen molar-refractivity contribution in [2.24, 2.45) is 7.05 Å². The molecule has 78 valence electrons. The van der Waals surface area contributed by atoms with Crippen molar-refractivity contribution in [2.45, 2.75) is 25.4 Å². The van der Waals surface area contributed by atoms with Gasteiger partial charge in [0.2, 0.25) is 0 Å². The summed E-state index contributed by atoms with van der Waals surface area (Å²) in [6.07, 6.45) is 4.31. The van der Waals surface area contributed by atoms with Crippen molar-refractivity contribution in [2.75, 3.05) is 13.1 Å². The number of nitrogens with one attached hydrogen (secondary N) is 2. The van der Waals surface area contributed by atoms with Gasteiger partial charge in [0.25, 0.3) is 0 Å². The van der Waals surface area contributed by atoms with Crippen molar-refractivity contribution in [3.8, 4) is 0 Å². The normalized spacial score (nSPS) is 21.6. The molecule has 0 saturated carbocycles. The Hall–Kier alpha value is -0.940. The molecule has 1 unspecified atom stereocenters. The molecule has 2 N–H and O–H groups in total. The first-order valence-corrected chi connectivity index (χ1v) is 5.13. The van der Waals surface area contributed by atoms with Crippen molar-refractivity contribution in [3.05, 3.63) is 12.2 Å². The van der Waals surface area contributed by atoms with Gasteiger partial charge >= 0.3 is 0 Å². The quantitative estimate of drug-likeness (QED) is 0.690. The second-order valence-electron chi connectivity index (χ2n) is 3.76. The van der Waals surface area contributed by atoms with Crippen molar-refractivity contribution in [3.63, 3.8) is 0 Å². The van der Waals surface area contributed by atoms with Crippen LogP contribution in [0.15, 0.2) is 6.33 Å². The minimum absolute atomic E-state index is 0.638. The molecule has 1 aromatic heterocycles. The van der Waals surface area contributed by atoms with Crippen molar-refractivity contribution in [1.29, 1.82) is 0 Å². The van der Waals surface area contributed by atoms with Crippen LogP contribution < -0.4 is 10.6 Å². The maximum atomic E-state index is 4.20. The lowest BCUT2D eigenvalue weighted by Gasteiger charge is -2.09. The second kappa shape index (κ2) is 4.52. The van der Waals surface area contributed by atoms with E-state index in [0.717, 1.165) is 25.5 Å². The summed E-state index contributed by atoms with van der Waals surface area (Å²) >= 11 is 0. The summed E-state index contributed by atoms with van der Waals surface area (Å²) in [6.45, 7) is 2.94. The number of hydrogen-bond donors (Lipinski definition) is 2. The van der Waals surface area contributed by atoms with Crippen LogP contribution in [0.3, 0.4) is 0 Å². The average molecular weight is 195 g/mol. The first kappa shape index (κ1) is 9.61. The molecule has 0 amide bonds. The third kappa shape index (κ3) is 2.52. The van der Waals surface area contributed by atoms with Gasteiger partial charge in [-0.25, -0.2) is 4.98 Å². The molecular formula is C9H17N5. The Morgan fingerprint density at radius 2 is 2.64 bits per heavy atom. The summed E-state index contributed by atoms with van der Waals surface area (Å²) < 4.78 is 1.73. The fourth-order valence-corrected chi connectivity index (χ4v) is 1.75. The molecule has 1 fully saturated rings. The largest absolute Gasteiger partial charge is 0.313 e. The van der Waals surface area contributed by atoms with Crippen LogP contribution in [0.4, 0.5) is 0 Å². The summed E-state index contributed by atoms with van der Waals surface area (Å²) in [5.41, 5.74) is 0. The maximum absolute atomic E-state index is 4.20. The Morgan fingerprint density at radius 1 is 1.71 bits per heavy atom. The highest BCUT2D eigenvalue weighted by Crippen LogP contribution is 2.03. The maximum Gasteiger partial charge on any atom is 0.164 e. The highest BCUT2D eigenvalue weighted by Gasteiger charge is 2.12. The van der Waals surface area contributed by atoms with Gasteiger partial charge in [-0.1, -0.05) is 0 Å². The molecule has 2 heterocycles. The Bertz CT molecular complexity index is 276. The molecule has 1 aromatic rings. The highest BCUT2D eigenvalue weighted by molar-refractivity contribution is 4.82. The third-order valence-corrected chi connectivity index (χ3v) is 2.48. The zero-order chi connectivity index (χ0) is 9.80. The summed E-state index contributed by atoms with van der Waals surface area (Å²) in [4.78, 5) is 4.15. The van der Waals surface area contributed by atoms with Gasteiger partial charge in [0.05, 0.1) is 6.54 Å². The molecule has 1 aliphatic rings. The number of nitrogens with zero attached hydrogens (tertiary/aromatic N) is 3. The Kier molecular flexibility index (Phi) is 3.10. The van der Waals surface area contributed by atoms with E-state index >= 15 is 0 Å². The van der Waals surface area contributed by atoms with Crippen LogP contribution in [-0.4, -0.2) is 33.9 Å². The van der Waals surface area contributed by atoms with Gasteiger partial charge in [0.1, 0.15) is 6.33 Å². The molecule has 0 bridgehead atoms. The fraction of sp³-hybridized carbons (Fsp3) is 0.778. The molecule has 1 atom stereocenters. The van der Waals surface area contributed by atoms with E-state index in [9.17, 15) is 0 Å². The zero-order valence-electron chi connectivity index (χ0n) is 8.53. The van der Waals surface area contributed by atoms with E-state index in [-0.39, 0.29) is 0 Å². The van der Waals surface area contributed by atoms with Gasteiger partial charge in [-0.15, -0.1) is 0 Å². The van der Waals surface area contributed by atoms with Crippen molar-refractivity contribution in [1.82, 2.24) is 25.4 Å². The van der Waals surface area contributed by atoms with E-state index in [0.29, 0.717) is 6.04 Å². The molecular weight excluding hydrogens is 178 g/mol. The molecule has 1 aliphatic heterocycles. The van der Waals surface area contributed by atoms with E-state index in [1.54, 1.807) is 11.0 Å². The standard InChI is InChI=1S/C9H17N5/c1-14-7-12-9(13-14)6-10-5-8-3-2-4-11-8/h7-8,10-11H,2-6H2,1H3. The fourth-order valence-electron chi connectivity index (χ4n) is 1.75. The Labute approximate surface area is 83.9 Å². The minimum atomic E-state index is 0.638. The number of aromatic nitrogens is 3. The highest BCUT2D eigenvalue weighted by atomic mass is 15.3. The van der Waals surface area contributed by atoms with Crippen LogP contribution in [0.5, 0.6) is 0 Å². The van der Waals surface area contributed by atoms with Gasteiger partial charge < -0.3 is 10.6 Å².